The average molecular weight is 363 g/mol. The molecule has 0 saturated heterocycles. The molecular formula is C20H21N5O2. The zero-order chi connectivity index (χ0) is 18.4. The first-order valence-electron chi connectivity index (χ1n) is 9.31. The van der Waals surface area contributed by atoms with Gasteiger partial charge in [-0.3, -0.25) is 4.79 Å². The van der Waals surface area contributed by atoms with E-state index in [1.54, 1.807) is 0 Å². The fourth-order valence-corrected chi connectivity index (χ4v) is 3.90. The molecule has 138 valence electrons. The summed E-state index contributed by atoms with van der Waals surface area (Å²) in [5, 5.41) is 6.33. The maximum Gasteiger partial charge on any atom is 0.253 e. The number of hydrogen-bond donors (Lipinski definition) is 3. The van der Waals surface area contributed by atoms with Crippen molar-refractivity contribution in [2.45, 2.75) is 19.3 Å². The first-order chi connectivity index (χ1) is 13.2. The molecule has 7 heteroatoms. The fourth-order valence-electron chi connectivity index (χ4n) is 3.90. The number of ether oxygens (including phenoxy) is 1. The van der Waals surface area contributed by atoms with Gasteiger partial charge in [0.05, 0.1) is 23.4 Å². The molecule has 0 spiro atoms. The molecule has 0 aliphatic carbocycles. The number of benzene rings is 1. The highest BCUT2D eigenvalue weighted by molar-refractivity contribution is 6.00. The fraction of sp³-hybridized carbons (Fsp3) is 0.350. The van der Waals surface area contributed by atoms with Crippen molar-refractivity contribution in [3.63, 3.8) is 0 Å². The van der Waals surface area contributed by atoms with Crippen molar-refractivity contribution < 1.29 is 9.53 Å². The molecule has 5 rings (SSSR count). The molecule has 27 heavy (non-hydrogen) atoms. The van der Waals surface area contributed by atoms with Crippen molar-refractivity contribution in [1.82, 2.24) is 20.3 Å². The van der Waals surface area contributed by atoms with Crippen LogP contribution in [0.1, 0.15) is 34.1 Å². The van der Waals surface area contributed by atoms with Gasteiger partial charge in [-0.25, -0.2) is 9.97 Å². The smallest absolute Gasteiger partial charge is 0.253 e. The number of nitrogens with one attached hydrogen (secondary N) is 3. The Labute approximate surface area is 156 Å². The van der Waals surface area contributed by atoms with Crippen LogP contribution in [0.15, 0.2) is 24.3 Å². The molecule has 0 radical (unpaired) electrons. The Kier molecular flexibility index (Phi) is 3.82. The summed E-state index contributed by atoms with van der Waals surface area (Å²) in [5.41, 5.74) is 6.08. The van der Waals surface area contributed by atoms with Gasteiger partial charge in [0.1, 0.15) is 11.3 Å². The van der Waals surface area contributed by atoms with Gasteiger partial charge in [-0.1, -0.05) is 12.1 Å². The lowest BCUT2D eigenvalue weighted by Gasteiger charge is -2.23. The van der Waals surface area contributed by atoms with Gasteiger partial charge in [0.15, 0.2) is 0 Å². The lowest BCUT2D eigenvalue weighted by molar-refractivity contribution is 0.0929. The molecule has 7 nitrogen and oxygen atoms in total. The van der Waals surface area contributed by atoms with Gasteiger partial charge in [0, 0.05) is 42.6 Å². The highest BCUT2D eigenvalue weighted by Gasteiger charge is 2.28. The number of hydrogen-bond acceptors (Lipinski definition) is 5. The maximum absolute atomic E-state index is 12.4. The number of anilines is 1. The number of carbonyl (C=O) groups excluding carboxylic acids is 1. The minimum atomic E-state index is -0.0292. The van der Waals surface area contributed by atoms with Crippen LogP contribution in [0.3, 0.4) is 0 Å². The summed E-state index contributed by atoms with van der Waals surface area (Å²) in [4.78, 5) is 25.4. The first kappa shape index (κ1) is 16.3. The Morgan fingerprint density at radius 1 is 1.15 bits per heavy atom. The molecule has 1 unspecified atom stereocenters. The van der Waals surface area contributed by atoms with Gasteiger partial charge < -0.3 is 20.4 Å². The van der Waals surface area contributed by atoms with E-state index in [0.29, 0.717) is 31.9 Å². The van der Waals surface area contributed by atoms with Gasteiger partial charge >= 0.3 is 0 Å². The number of fused-ring (bicyclic) bond motifs is 3. The zero-order valence-electron chi connectivity index (χ0n) is 15.1. The van der Waals surface area contributed by atoms with Gasteiger partial charge in [-0.15, -0.1) is 0 Å². The maximum atomic E-state index is 12.4. The molecule has 1 atom stereocenters. The third-order valence-electron chi connectivity index (χ3n) is 5.32. The third-order valence-corrected chi connectivity index (χ3v) is 5.32. The minimum Gasteiger partial charge on any atom is -0.380 e. The number of aryl methyl sites for hydroxylation is 1. The van der Waals surface area contributed by atoms with Crippen LogP contribution >= 0.6 is 0 Å². The second-order valence-corrected chi connectivity index (χ2v) is 7.08. The van der Waals surface area contributed by atoms with E-state index in [1.807, 2.05) is 31.2 Å². The van der Waals surface area contributed by atoms with Crippen LogP contribution in [0.25, 0.3) is 22.3 Å². The number of carbonyl (C=O) groups is 1. The van der Waals surface area contributed by atoms with E-state index in [9.17, 15) is 4.79 Å². The molecule has 0 saturated carbocycles. The number of nitrogens with zero attached hydrogens (tertiary/aromatic N) is 2. The number of aromatic amines is 1. The summed E-state index contributed by atoms with van der Waals surface area (Å²) in [7, 11) is 0. The molecule has 1 amide bonds. The standard InChI is InChI=1S/C20H21N5O2/c1-11-19-21-6-8-27-7-5-12-10-22-20(26)14-9-16(24-17(12)14)13-3-2-4-15(23-11)18(13)25-19/h2-4,9,12,24H,5-8,10H2,1H3,(H,21,25)(H,22,26). The lowest BCUT2D eigenvalue weighted by Crippen LogP contribution is -2.35. The van der Waals surface area contributed by atoms with Gasteiger partial charge in [-0.2, -0.15) is 0 Å². The highest BCUT2D eigenvalue weighted by Crippen LogP contribution is 2.34. The molecule has 2 aromatic heterocycles. The van der Waals surface area contributed by atoms with E-state index in [1.165, 1.54) is 0 Å². The summed E-state index contributed by atoms with van der Waals surface area (Å²) < 4.78 is 5.78. The Balaban J connectivity index is 1.73. The summed E-state index contributed by atoms with van der Waals surface area (Å²) >= 11 is 0. The summed E-state index contributed by atoms with van der Waals surface area (Å²) in [6.45, 7) is 4.51. The molecule has 4 bridgehead atoms. The van der Waals surface area contributed by atoms with Gasteiger partial charge in [0.25, 0.3) is 5.91 Å². The van der Waals surface area contributed by atoms with Crippen molar-refractivity contribution in [2.75, 3.05) is 31.6 Å². The molecule has 1 aromatic carbocycles. The van der Waals surface area contributed by atoms with E-state index in [4.69, 9.17) is 14.7 Å². The highest BCUT2D eigenvalue weighted by atomic mass is 16.5. The van der Waals surface area contributed by atoms with E-state index in [-0.39, 0.29) is 11.8 Å². The molecule has 0 fully saturated rings. The van der Waals surface area contributed by atoms with Crippen LogP contribution < -0.4 is 10.6 Å². The SMILES string of the molecule is Cc1nc2cccc3c2nc1NCCOCCC1CNC(=O)c2cc-3[nH]c21. The van der Waals surface area contributed by atoms with Crippen LogP contribution in [0.5, 0.6) is 0 Å². The summed E-state index contributed by atoms with van der Waals surface area (Å²) in [5.74, 6) is 0.960. The van der Waals surface area contributed by atoms with Crippen molar-refractivity contribution in [3.05, 3.63) is 41.2 Å². The topological polar surface area (TPSA) is 91.9 Å². The number of rotatable bonds is 0. The normalized spacial score (nSPS) is 19.4. The summed E-state index contributed by atoms with van der Waals surface area (Å²) in [6, 6.07) is 7.90. The van der Waals surface area contributed by atoms with Crippen molar-refractivity contribution in [1.29, 1.82) is 0 Å². The molecule has 2 aliphatic heterocycles. The molecule has 3 N–H and O–H groups in total. The van der Waals surface area contributed by atoms with Gasteiger partial charge in [-0.05, 0) is 25.5 Å². The third kappa shape index (κ3) is 2.75. The minimum absolute atomic E-state index is 0.0292. The van der Waals surface area contributed by atoms with Crippen LogP contribution in [0, 0.1) is 6.92 Å². The second-order valence-electron chi connectivity index (χ2n) is 7.08. The van der Waals surface area contributed by atoms with E-state index in [0.717, 1.165) is 45.9 Å². The second kappa shape index (κ2) is 6.35. The Morgan fingerprint density at radius 3 is 3.00 bits per heavy atom. The van der Waals surface area contributed by atoms with E-state index >= 15 is 0 Å². The van der Waals surface area contributed by atoms with Crippen LogP contribution in [-0.2, 0) is 4.74 Å². The van der Waals surface area contributed by atoms with Crippen LogP contribution in [0.4, 0.5) is 5.82 Å². The lowest BCUT2D eigenvalue weighted by atomic mass is 9.95. The molecular weight excluding hydrogens is 342 g/mol. The zero-order valence-corrected chi connectivity index (χ0v) is 15.1. The summed E-state index contributed by atoms with van der Waals surface area (Å²) in [6.07, 6.45) is 0.863. The van der Waals surface area contributed by atoms with Crippen molar-refractivity contribution in [3.8, 4) is 11.3 Å². The van der Waals surface area contributed by atoms with E-state index < -0.39 is 0 Å². The van der Waals surface area contributed by atoms with Crippen LogP contribution in [-0.4, -0.2) is 47.2 Å². The predicted molar refractivity (Wildman–Crippen MR) is 103 cm³/mol. The monoisotopic (exact) mass is 363 g/mol. The van der Waals surface area contributed by atoms with Crippen LogP contribution in [0.2, 0.25) is 0 Å². The number of aromatic nitrogens is 3. The quantitative estimate of drug-likeness (QED) is 0.571. The van der Waals surface area contributed by atoms with Crippen molar-refractivity contribution >= 4 is 22.8 Å². The van der Waals surface area contributed by atoms with Crippen molar-refractivity contribution in [2.24, 2.45) is 0 Å². The van der Waals surface area contributed by atoms with Gasteiger partial charge in [0.2, 0.25) is 0 Å². The molecule has 2 aliphatic rings. The number of amides is 1. The predicted octanol–water partition coefficient (Wildman–Crippen LogP) is 2.59. The molecule has 3 aromatic rings. The molecule has 4 heterocycles. The Morgan fingerprint density at radius 2 is 2.07 bits per heavy atom. The average Bonchev–Trinajstić information content (AvgIpc) is 3.11. The number of H-pyrrole nitrogens is 1. The Hall–Kier alpha value is -2.93. The largest absolute Gasteiger partial charge is 0.380 e. The van der Waals surface area contributed by atoms with E-state index in [2.05, 4.69) is 15.6 Å². The number of para-hydroxylation sites is 1. The Bertz CT molecular complexity index is 1040. The first-order valence-corrected chi connectivity index (χ1v) is 9.31.